The van der Waals surface area contributed by atoms with E-state index in [-0.39, 0.29) is 23.7 Å². The number of hydrogen-bond acceptors (Lipinski definition) is 4. The Kier molecular flexibility index (Phi) is 3.56. The van der Waals surface area contributed by atoms with E-state index in [9.17, 15) is 15.0 Å². The number of rotatable bonds is 4. The Morgan fingerprint density at radius 1 is 1.05 bits per heavy atom. The predicted octanol–water partition coefficient (Wildman–Crippen LogP) is 2.38. The van der Waals surface area contributed by atoms with Gasteiger partial charge in [0.25, 0.3) is 0 Å². The molecule has 0 radical (unpaired) electrons. The summed E-state index contributed by atoms with van der Waals surface area (Å²) in [5.41, 5.74) is 0.416. The minimum absolute atomic E-state index is 0.119. The predicted molar refractivity (Wildman–Crippen MR) is 67.5 cm³/mol. The lowest BCUT2D eigenvalue weighted by Crippen LogP contribution is -1.99. The largest absolute Gasteiger partial charge is 0.508 e. The molecule has 5 heteroatoms. The number of hydrogen-bond donors (Lipinski definition) is 3. The zero-order valence-corrected chi connectivity index (χ0v) is 9.91. The summed E-state index contributed by atoms with van der Waals surface area (Å²) in [6, 6.07) is 10.7. The van der Waals surface area contributed by atoms with Crippen LogP contribution in [0.5, 0.6) is 17.2 Å². The van der Waals surface area contributed by atoms with Gasteiger partial charge in [0.1, 0.15) is 29.4 Å². The number of ether oxygens (including phenoxy) is 1. The number of carbonyl (C=O) groups is 1. The highest BCUT2D eigenvalue weighted by Gasteiger charge is 2.10. The standard InChI is InChI=1S/C14H12O5/c15-12-4-2-1-3-9(12)8-19-10-5-6-11(14(17)18)13(16)7-10/h1-7,15-16H,8H2,(H,17,18). The summed E-state index contributed by atoms with van der Waals surface area (Å²) < 4.78 is 5.38. The van der Waals surface area contributed by atoms with Crippen LogP contribution in [0.4, 0.5) is 0 Å². The van der Waals surface area contributed by atoms with Gasteiger partial charge in [0.2, 0.25) is 0 Å². The van der Waals surface area contributed by atoms with Gasteiger partial charge in [-0.15, -0.1) is 0 Å². The number of phenolic OH excluding ortho intramolecular Hbond substituents is 1. The Morgan fingerprint density at radius 2 is 1.79 bits per heavy atom. The molecule has 0 aliphatic carbocycles. The Hall–Kier alpha value is -2.69. The van der Waals surface area contributed by atoms with E-state index in [0.717, 1.165) is 0 Å². The van der Waals surface area contributed by atoms with Crippen LogP contribution in [0.1, 0.15) is 15.9 Å². The van der Waals surface area contributed by atoms with E-state index in [1.165, 1.54) is 18.2 Å². The molecule has 0 aliphatic heterocycles. The third-order valence-electron chi connectivity index (χ3n) is 2.59. The summed E-state index contributed by atoms with van der Waals surface area (Å²) in [5, 5.41) is 27.8. The molecule has 0 fully saturated rings. The molecule has 0 heterocycles. The van der Waals surface area contributed by atoms with E-state index in [0.29, 0.717) is 11.3 Å². The number of carboxylic acids is 1. The second kappa shape index (κ2) is 5.30. The summed E-state index contributed by atoms with van der Waals surface area (Å²) in [6.07, 6.45) is 0. The molecule has 0 aromatic heterocycles. The van der Waals surface area contributed by atoms with Crippen LogP contribution in [0, 0.1) is 0 Å². The van der Waals surface area contributed by atoms with E-state index in [1.807, 2.05) is 0 Å². The molecule has 0 bridgehead atoms. The van der Waals surface area contributed by atoms with Gasteiger partial charge in [-0.05, 0) is 18.2 Å². The fourth-order valence-corrected chi connectivity index (χ4v) is 1.58. The van der Waals surface area contributed by atoms with E-state index < -0.39 is 5.97 Å². The number of aromatic hydroxyl groups is 2. The SMILES string of the molecule is O=C(O)c1ccc(OCc2ccccc2O)cc1O. The van der Waals surface area contributed by atoms with Crippen LogP contribution in [0.25, 0.3) is 0 Å². The van der Waals surface area contributed by atoms with Gasteiger partial charge in [-0.25, -0.2) is 4.79 Å². The summed E-state index contributed by atoms with van der Waals surface area (Å²) in [6.45, 7) is 0.124. The van der Waals surface area contributed by atoms with Gasteiger partial charge in [0.15, 0.2) is 0 Å². The lowest BCUT2D eigenvalue weighted by Gasteiger charge is -2.08. The van der Waals surface area contributed by atoms with Crippen LogP contribution < -0.4 is 4.74 Å². The van der Waals surface area contributed by atoms with Crippen molar-refractivity contribution in [3.8, 4) is 17.2 Å². The molecule has 0 amide bonds. The number of carboxylic acid groups (broad SMARTS) is 1. The lowest BCUT2D eigenvalue weighted by atomic mass is 10.2. The van der Waals surface area contributed by atoms with Crippen LogP contribution in [-0.2, 0) is 6.61 Å². The molecule has 2 aromatic rings. The highest BCUT2D eigenvalue weighted by molar-refractivity contribution is 5.90. The first kappa shape index (κ1) is 12.8. The zero-order valence-electron chi connectivity index (χ0n) is 9.91. The van der Waals surface area contributed by atoms with Crippen molar-refractivity contribution in [2.75, 3.05) is 0 Å². The fraction of sp³-hybridized carbons (Fsp3) is 0.0714. The van der Waals surface area contributed by atoms with Crippen molar-refractivity contribution >= 4 is 5.97 Å². The number of phenols is 2. The highest BCUT2D eigenvalue weighted by Crippen LogP contribution is 2.25. The monoisotopic (exact) mass is 260 g/mol. The Bertz CT molecular complexity index is 607. The molecule has 2 aromatic carbocycles. The number of para-hydroxylation sites is 1. The Balaban J connectivity index is 2.11. The maximum absolute atomic E-state index is 10.7. The van der Waals surface area contributed by atoms with E-state index in [2.05, 4.69) is 0 Å². The van der Waals surface area contributed by atoms with Crippen molar-refractivity contribution in [3.05, 3.63) is 53.6 Å². The van der Waals surface area contributed by atoms with Gasteiger partial charge in [0, 0.05) is 11.6 Å². The normalized spacial score (nSPS) is 10.1. The number of aromatic carboxylic acids is 1. The second-order valence-corrected chi connectivity index (χ2v) is 3.90. The van der Waals surface area contributed by atoms with Crippen LogP contribution in [0.3, 0.4) is 0 Å². The second-order valence-electron chi connectivity index (χ2n) is 3.90. The Morgan fingerprint density at radius 3 is 2.42 bits per heavy atom. The third-order valence-corrected chi connectivity index (χ3v) is 2.59. The van der Waals surface area contributed by atoms with Gasteiger partial charge < -0.3 is 20.1 Å². The molecular formula is C14H12O5. The average Bonchev–Trinajstić information content (AvgIpc) is 2.37. The maximum atomic E-state index is 10.7. The fourth-order valence-electron chi connectivity index (χ4n) is 1.58. The molecule has 3 N–H and O–H groups in total. The zero-order chi connectivity index (χ0) is 13.8. The first-order valence-corrected chi connectivity index (χ1v) is 5.54. The van der Waals surface area contributed by atoms with E-state index >= 15 is 0 Å². The van der Waals surface area contributed by atoms with Crippen LogP contribution >= 0.6 is 0 Å². The first-order chi connectivity index (χ1) is 9.08. The van der Waals surface area contributed by atoms with Gasteiger partial charge in [-0.3, -0.25) is 0 Å². The maximum Gasteiger partial charge on any atom is 0.339 e. The summed E-state index contributed by atoms with van der Waals surface area (Å²) in [7, 11) is 0. The summed E-state index contributed by atoms with van der Waals surface area (Å²) >= 11 is 0. The van der Waals surface area contributed by atoms with Gasteiger partial charge >= 0.3 is 5.97 Å². The molecule has 0 unspecified atom stereocenters. The molecule has 5 nitrogen and oxygen atoms in total. The first-order valence-electron chi connectivity index (χ1n) is 5.54. The van der Waals surface area contributed by atoms with Crippen LogP contribution in [0.2, 0.25) is 0 Å². The van der Waals surface area contributed by atoms with Crippen molar-refractivity contribution in [3.63, 3.8) is 0 Å². The molecule has 0 aliphatic rings. The van der Waals surface area contributed by atoms with Crippen molar-refractivity contribution in [1.82, 2.24) is 0 Å². The minimum Gasteiger partial charge on any atom is -0.508 e. The molecule has 0 saturated heterocycles. The smallest absolute Gasteiger partial charge is 0.339 e. The van der Waals surface area contributed by atoms with Gasteiger partial charge in [-0.1, -0.05) is 18.2 Å². The van der Waals surface area contributed by atoms with E-state index in [1.54, 1.807) is 24.3 Å². The third kappa shape index (κ3) is 2.95. The summed E-state index contributed by atoms with van der Waals surface area (Å²) in [5.74, 6) is -1.12. The summed E-state index contributed by atoms with van der Waals surface area (Å²) in [4.78, 5) is 10.7. The molecule has 0 spiro atoms. The van der Waals surface area contributed by atoms with Crippen molar-refractivity contribution in [2.45, 2.75) is 6.61 Å². The Labute approximate surface area is 109 Å². The van der Waals surface area contributed by atoms with Crippen LogP contribution in [0.15, 0.2) is 42.5 Å². The topological polar surface area (TPSA) is 87.0 Å². The van der Waals surface area contributed by atoms with Crippen molar-refractivity contribution in [2.24, 2.45) is 0 Å². The van der Waals surface area contributed by atoms with Crippen molar-refractivity contribution in [1.29, 1.82) is 0 Å². The molecule has 98 valence electrons. The molecular weight excluding hydrogens is 248 g/mol. The number of benzene rings is 2. The minimum atomic E-state index is -1.20. The molecule has 0 saturated carbocycles. The van der Waals surface area contributed by atoms with Gasteiger partial charge in [0.05, 0.1) is 0 Å². The lowest BCUT2D eigenvalue weighted by molar-refractivity contribution is 0.0693. The average molecular weight is 260 g/mol. The van der Waals surface area contributed by atoms with Crippen molar-refractivity contribution < 1.29 is 24.9 Å². The molecule has 2 rings (SSSR count). The molecule has 0 atom stereocenters. The molecule has 19 heavy (non-hydrogen) atoms. The van der Waals surface area contributed by atoms with E-state index in [4.69, 9.17) is 9.84 Å². The van der Waals surface area contributed by atoms with Crippen LogP contribution in [-0.4, -0.2) is 21.3 Å². The highest BCUT2D eigenvalue weighted by atomic mass is 16.5. The quantitative estimate of drug-likeness (QED) is 0.785. The van der Waals surface area contributed by atoms with Gasteiger partial charge in [-0.2, -0.15) is 0 Å².